The molecule has 1 saturated carbocycles. The van der Waals surface area contributed by atoms with Gasteiger partial charge < -0.3 is 15.0 Å². The summed E-state index contributed by atoms with van der Waals surface area (Å²) in [7, 11) is 0. The molecule has 0 heterocycles. The lowest BCUT2D eigenvalue weighted by molar-refractivity contribution is -0.124. The van der Waals surface area contributed by atoms with Crippen LogP contribution in [0.4, 0.5) is 0 Å². The monoisotopic (exact) mass is 449 g/mol. The fraction of sp³-hybridized carbons (Fsp3) is 0.708. The molecule has 0 bridgehead atoms. The van der Waals surface area contributed by atoms with E-state index in [4.69, 9.17) is 0 Å². The van der Waals surface area contributed by atoms with E-state index in [0.717, 1.165) is 31.3 Å². The summed E-state index contributed by atoms with van der Waals surface area (Å²) < 4.78 is 15.1. The highest BCUT2D eigenvalue weighted by Gasteiger charge is 2.31. The van der Waals surface area contributed by atoms with Crippen molar-refractivity contribution in [2.45, 2.75) is 101 Å². The Morgan fingerprint density at radius 3 is 2.42 bits per heavy atom. The molecule has 0 aromatic heterocycles. The maximum absolute atomic E-state index is 12.7. The second-order valence-corrected chi connectivity index (χ2v) is 12.0. The van der Waals surface area contributed by atoms with Crippen molar-refractivity contribution in [1.82, 2.24) is 15.4 Å². The maximum atomic E-state index is 12.7. The van der Waals surface area contributed by atoms with Gasteiger partial charge in [0, 0.05) is 17.4 Å². The smallest absolute Gasteiger partial charge is 0.227 e. The Hall–Kier alpha value is -1.12. The number of amides is 1. The molecule has 7 heteroatoms. The van der Waals surface area contributed by atoms with Crippen LogP contribution in [0.1, 0.15) is 72.1 Å². The Labute approximate surface area is 190 Å². The highest BCUT2D eigenvalue weighted by Crippen LogP contribution is 2.23. The van der Waals surface area contributed by atoms with Crippen molar-refractivity contribution in [3.63, 3.8) is 0 Å². The van der Waals surface area contributed by atoms with Crippen LogP contribution < -0.4 is 15.4 Å². The molecule has 5 atom stereocenters. The average molecular weight is 450 g/mol. The Bertz CT molecular complexity index is 695. The normalized spacial score (nSPS) is 29.3. The molecule has 6 nitrogen and oxygen atoms in total. The number of hydrogen-bond donors (Lipinski definition) is 4. The summed E-state index contributed by atoms with van der Waals surface area (Å²) in [5.74, 6) is -0.127. The minimum atomic E-state index is -1.12. The Kier molecular flexibility index (Phi) is 8.82. The molecule has 4 N–H and O–H groups in total. The SMILES string of the molecule is CC(C)(C)[S+]([O-])NC1C=CC(C(=O)NC2C=CC(C(O)NC3CCCCC3)=CC2)CC1. The van der Waals surface area contributed by atoms with Crippen molar-refractivity contribution in [1.29, 1.82) is 0 Å². The second kappa shape index (κ2) is 11.1. The standard InChI is InChI=1S/C24H39N3O3S/c1-24(2,3)31(30)27-21-15-11-18(12-16-21)23(29)26-20-13-9-17(10-14-20)22(28)25-19-7-5-4-6-8-19/h9-11,13,15,18-22,25,27-28H,4-8,12,14,16H2,1-3H3,(H,26,29). The van der Waals surface area contributed by atoms with Gasteiger partial charge in [0.2, 0.25) is 5.91 Å². The van der Waals surface area contributed by atoms with Crippen LogP contribution in [0.3, 0.4) is 0 Å². The molecule has 0 aromatic carbocycles. The van der Waals surface area contributed by atoms with E-state index in [9.17, 15) is 14.5 Å². The molecule has 3 aliphatic carbocycles. The quantitative estimate of drug-likeness (QED) is 0.272. The van der Waals surface area contributed by atoms with E-state index in [-0.39, 0.29) is 28.7 Å². The summed E-state index contributed by atoms with van der Waals surface area (Å²) in [4.78, 5) is 12.7. The van der Waals surface area contributed by atoms with Gasteiger partial charge in [-0.2, -0.15) is 0 Å². The fourth-order valence-corrected chi connectivity index (χ4v) is 5.10. The van der Waals surface area contributed by atoms with Gasteiger partial charge >= 0.3 is 0 Å². The van der Waals surface area contributed by atoms with Gasteiger partial charge in [-0.15, -0.1) is 4.72 Å². The van der Waals surface area contributed by atoms with Gasteiger partial charge in [0.05, 0.1) is 18.0 Å². The molecule has 0 spiro atoms. The van der Waals surface area contributed by atoms with Crippen molar-refractivity contribution in [3.8, 4) is 0 Å². The first-order chi connectivity index (χ1) is 14.7. The van der Waals surface area contributed by atoms with Crippen LogP contribution in [0, 0.1) is 5.92 Å². The predicted molar refractivity (Wildman–Crippen MR) is 126 cm³/mol. The number of carbonyl (C=O) groups excluding carboxylic acids is 1. The number of hydrogen-bond acceptors (Lipinski definition) is 5. The number of rotatable bonds is 7. The molecule has 0 aliphatic heterocycles. The zero-order valence-electron chi connectivity index (χ0n) is 19.1. The molecule has 0 saturated heterocycles. The highest BCUT2D eigenvalue weighted by molar-refractivity contribution is 7.90. The molecule has 3 rings (SSSR count). The fourth-order valence-electron chi connectivity index (χ4n) is 4.28. The predicted octanol–water partition coefficient (Wildman–Crippen LogP) is 2.98. The minimum absolute atomic E-state index is 0.0269. The average Bonchev–Trinajstić information content (AvgIpc) is 2.74. The number of carbonyl (C=O) groups is 1. The molecule has 1 fully saturated rings. The summed E-state index contributed by atoms with van der Waals surface area (Å²) >= 11 is -1.12. The summed E-state index contributed by atoms with van der Waals surface area (Å²) in [6.07, 6.45) is 17.4. The number of aliphatic hydroxyl groups is 1. The third kappa shape index (κ3) is 7.46. The molecule has 5 unspecified atom stereocenters. The first-order valence-electron chi connectivity index (χ1n) is 11.7. The van der Waals surface area contributed by atoms with E-state index in [1.807, 2.05) is 51.2 Å². The molecule has 1 amide bonds. The Morgan fingerprint density at radius 1 is 1.10 bits per heavy atom. The van der Waals surface area contributed by atoms with Crippen LogP contribution in [-0.2, 0) is 16.2 Å². The van der Waals surface area contributed by atoms with Crippen molar-refractivity contribution < 1.29 is 14.5 Å². The van der Waals surface area contributed by atoms with Crippen molar-refractivity contribution in [3.05, 3.63) is 36.0 Å². The molecule has 0 aromatic rings. The van der Waals surface area contributed by atoms with Gasteiger partial charge in [-0.25, -0.2) is 0 Å². The van der Waals surface area contributed by atoms with Crippen LogP contribution in [0.15, 0.2) is 36.0 Å². The summed E-state index contributed by atoms with van der Waals surface area (Å²) in [6.45, 7) is 5.84. The van der Waals surface area contributed by atoms with Crippen LogP contribution in [0.25, 0.3) is 0 Å². The van der Waals surface area contributed by atoms with Crippen LogP contribution in [-0.4, -0.2) is 44.7 Å². The maximum Gasteiger partial charge on any atom is 0.227 e. The van der Waals surface area contributed by atoms with Crippen molar-refractivity contribution in [2.24, 2.45) is 5.92 Å². The summed E-state index contributed by atoms with van der Waals surface area (Å²) in [6, 6.07) is 0.394. The lowest BCUT2D eigenvalue weighted by Gasteiger charge is -2.29. The van der Waals surface area contributed by atoms with Crippen LogP contribution in [0.2, 0.25) is 0 Å². The topological polar surface area (TPSA) is 96.5 Å². The summed E-state index contributed by atoms with van der Waals surface area (Å²) in [5, 5.41) is 16.9. The molecule has 3 aliphatic rings. The van der Waals surface area contributed by atoms with E-state index in [1.54, 1.807) is 0 Å². The van der Waals surface area contributed by atoms with E-state index in [0.29, 0.717) is 12.5 Å². The Morgan fingerprint density at radius 2 is 1.84 bits per heavy atom. The van der Waals surface area contributed by atoms with Gasteiger partial charge in [-0.3, -0.25) is 10.1 Å². The third-order valence-corrected chi connectivity index (χ3v) is 7.92. The van der Waals surface area contributed by atoms with Gasteiger partial charge in [0.1, 0.15) is 11.0 Å². The van der Waals surface area contributed by atoms with Gasteiger partial charge in [-0.1, -0.05) is 49.6 Å². The Balaban J connectivity index is 1.42. The van der Waals surface area contributed by atoms with Crippen molar-refractivity contribution >= 4 is 17.3 Å². The lowest BCUT2D eigenvalue weighted by atomic mass is 9.92. The van der Waals surface area contributed by atoms with Gasteiger partial charge in [0.25, 0.3) is 0 Å². The molecular weight excluding hydrogens is 410 g/mol. The second-order valence-electron chi connectivity index (χ2n) is 9.99. The minimum Gasteiger partial charge on any atom is -0.598 e. The number of aliphatic hydroxyl groups excluding tert-OH is 1. The zero-order chi connectivity index (χ0) is 22.4. The number of nitrogens with one attached hydrogen (secondary N) is 3. The van der Waals surface area contributed by atoms with E-state index >= 15 is 0 Å². The molecule has 174 valence electrons. The van der Waals surface area contributed by atoms with Crippen molar-refractivity contribution in [2.75, 3.05) is 0 Å². The van der Waals surface area contributed by atoms with E-state index in [1.165, 1.54) is 19.3 Å². The zero-order valence-corrected chi connectivity index (χ0v) is 19.9. The third-order valence-electron chi connectivity index (χ3n) is 6.29. The first kappa shape index (κ1) is 24.5. The van der Waals surface area contributed by atoms with Gasteiger partial charge in [0.15, 0.2) is 0 Å². The molecule has 0 radical (unpaired) electrons. The molecular formula is C24H39N3O3S. The van der Waals surface area contributed by atoms with Crippen LogP contribution >= 0.6 is 0 Å². The first-order valence-corrected chi connectivity index (χ1v) is 12.9. The van der Waals surface area contributed by atoms with E-state index < -0.39 is 17.6 Å². The largest absolute Gasteiger partial charge is 0.598 e. The van der Waals surface area contributed by atoms with Crippen LogP contribution in [0.5, 0.6) is 0 Å². The highest BCUT2D eigenvalue weighted by atomic mass is 32.2. The summed E-state index contributed by atoms with van der Waals surface area (Å²) in [5.41, 5.74) is 0.884. The lowest BCUT2D eigenvalue weighted by Crippen LogP contribution is -2.45. The van der Waals surface area contributed by atoms with Gasteiger partial charge in [-0.05, 0) is 58.4 Å². The van der Waals surface area contributed by atoms with E-state index in [2.05, 4.69) is 15.4 Å². The molecule has 31 heavy (non-hydrogen) atoms.